The van der Waals surface area contributed by atoms with Crippen molar-refractivity contribution in [3.8, 4) is 0 Å². The number of piperazine rings is 1. The van der Waals surface area contributed by atoms with Gasteiger partial charge >= 0.3 is 0 Å². The summed E-state index contributed by atoms with van der Waals surface area (Å²) in [6, 6.07) is 7.86. The van der Waals surface area contributed by atoms with Crippen LogP contribution in [0.15, 0.2) is 29.1 Å². The molecular weight excluding hydrogens is 366 g/mol. The summed E-state index contributed by atoms with van der Waals surface area (Å²) in [6.07, 6.45) is 1.27. The van der Waals surface area contributed by atoms with E-state index in [2.05, 4.69) is 15.3 Å². The van der Waals surface area contributed by atoms with Gasteiger partial charge in [-0.2, -0.15) is 5.10 Å². The van der Waals surface area contributed by atoms with Crippen molar-refractivity contribution in [2.24, 2.45) is 7.05 Å². The third kappa shape index (κ3) is 4.00. The Bertz CT molecular complexity index is 878. The highest BCUT2D eigenvalue weighted by Gasteiger charge is 2.31. The van der Waals surface area contributed by atoms with Crippen LogP contribution in [0.25, 0.3) is 10.8 Å². The molecule has 1 atom stereocenters. The van der Waals surface area contributed by atoms with Gasteiger partial charge in [0.15, 0.2) is 0 Å². The molecule has 4 rings (SSSR count). The van der Waals surface area contributed by atoms with Crippen LogP contribution in [-0.2, 0) is 18.3 Å². The Kier molecular flexibility index (Phi) is 6.14. The average Bonchev–Trinajstić information content (AvgIpc) is 3.17. The molecule has 3 heterocycles. The van der Waals surface area contributed by atoms with Crippen molar-refractivity contribution in [2.75, 3.05) is 39.3 Å². The molecule has 0 saturated carbocycles. The normalized spacial score (nSPS) is 20.6. The Morgan fingerprint density at radius 2 is 1.89 bits per heavy atom. The van der Waals surface area contributed by atoms with Crippen LogP contribution >= 0.6 is 12.4 Å². The first kappa shape index (κ1) is 19.8. The lowest BCUT2D eigenvalue weighted by Gasteiger charge is -2.32. The van der Waals surface area contributed by atoms with E-state index >= 15 is 0 Å². The Balaban J connectivity index is 0.00000210. The monoisotopic (exact) mass is 391 g/mol. The van der Waals surface area contributed by atoms with Gasteiger partial charge in [0, 0.05) is 57.7 Å². The fourth-order valence-electron chi connectivity index (χ4n) is 4.08. The van der Waals surface area contributed by atoms with E-state index in [1.807, 2.05) is 23.1 Å². The fraction of sp³-hybridized carbons (Fsp3) is 0.526. The first-order valence-electron chi connectivity index (χ1n) is 9.31. The number of benzene rings is 1. The summed E-state index contributed by atoms with van der Waals surface area (Å²) in [5.41, 5.74) is 0.551. The number of carbonyl (C=O) groups is 1. The molecule has 1 unspecified atom stereocenters. The van der Waals surface area contributed by atoms with Gasteiger partial charge in [-0.15, -0.1) is 12.4 Å². The number of aryl methyl sites for hydroxylation is 1. The third-order valence-electron chi connectivity index (χ3n) is 5.54. The number of hydrogen-bond acceptors (Lipinski definition) is 5. The molecule has 0 spiro atoms. The molecule has 7 nitrogen and oxygen atoms in total. The van der Waals surface area contributed by atoms with E-state index in [9.17, 15) is 9.59 Å². The lowest BCUT2D eigenvalue weighted by atomic mass is 10.1. The van der Waals surface area contributed by atoms with Crippen LogP contribution in [0.2, 0.25) is 0 Å². The molecular formula is C19H26ClN5O2. The van der Waals surface area contributed by atoms with Gasteiger partial charge in [-0.1, -0.05) is 18.2 Å². The fourth-order valence-corrected chi connectivity index (χ4v) is 4.08. The highest BCUT2D eigenvalue weighted by Crippen LogP contribution is 2.19. The van der Waals surface area contributed by atoms with Crippen LogP contribution in [0.3, 0.4) is 0 Å². The summed E-state index contributed by atoms with van der Waals surface area (Å²) in [7, 11) is 1.64. The molecule has 146 valence electrons. The number of likely N-dealkylation sites (tertiary alicyclic amines) is 1. The standard InChI is InChI=1S/C19H25N5O2.ClH/c1-22-19(26)16-5-3-2-4-15(16)17(21-22)12-18(25)24-9-6-14(13-24)23-10-7-20-8-11-23;/h2-5,14,20H,6-13H2,1H3;1H. The minimum atomic E-state index is -0.128. The zero-order chi connectivity index (χ0) is 18.1. The minimum Gasteiger partial charge on any atom is -0.341 e. The SMILES string of the molecule is Cl.Cn1nc(CC(=O)N2CCC(N3CCNCC3)C2)c2ccccc2c1=O. The van der Waals surface area contributed by atoms with Gasteiger partial charge in [-0.3, -0.25) is 14.5 Å². The largest absolute Gasteiger partial charge is 0.341 e. The number of nitrogens with one attached hydrogen (secondary N) is 1. The number of carbonyl (C=O) groups excluding carboxylic acids is 1. The zero-order valence-electron chi connectivity index (χ0n) is 15.6. The highest BCUT2D eigenvalue weighted by molar-refractivity contribution is 5.88. The smallest absolute Gasteiger partial charge is 0.274 e. The second-order valence-corrected chi connectivity index (χ2v) is 7.17. The van der Waals surface area contributed by atoms with Crippen LogP contribution < -0.4 is 10.9 Å². The molecule has 2 fully saturated rings. The first-order chi connectivity index (χ1) is 12.6. The number of nitrogens with zero attached hydrogens (tertiary/aromatic N) is 4. The number of aromatic nitrogens is 2. The maximum atomic E-state index is 12.9. The summed E-state index contributed by atoms with van der Waals surface area (Å²) in [5.74, 6) is 0.0962. The van der Waals surface area contributed by atoms with Crippen molar-refractivity contribution in [1.29, 1.82) is 0 Å². The van der Waals surface area contributed by atoms with Gasteiger partial charge in [0.25, 0.3) is 5.56 Å². The maximum Gasteiger partial charge on any atom is 0.274 e. The lowest BCUT2D eigenvalue weighted by molar-refractivity contribution is -0.129. The van der Waals surface area contributed by atoms with E-state index in [1.165, 1.54) is 4.68 Å². The second-order valence-electron chi connectivity index (χ2n) is 7.17. The van der Waals surface area contributed by atoms with Gasteiger partial charge in [0.05, 0.1) is 17.5 Å². The van der Waals surface area contributed by atoms with Crippen molar-refractivity contribution in [3.63, 3.8) is 0 Å². The summed E-state index contributed by atoms with van der Waals surface area (Å²) in [4.78, 5) is 29.5. The van der Waals surface area contributed by atoms with Gasteiger partial charge in [0.2, 0.25) is 5.91 Å². The van der Waals surface area contributed by atoms with E-state index in [1.54, 1.807) is 13.1 Å². The molecule has 1 aromatic heterocycles. The summed E-state index contributed by atoms with van der Waals surface area (Å²) in [5, 5.41) is 9.13. The molecule has 0 aliphatic carbocycles. The van der Waals surface area contributed by atoms with Crippen LogP contribution in [0.1, 0.15) is 12.1 Å². The molecule has 2 aliphatic heterocycles. The lowest BCUT2D eigenvalue weighted by Crippen LogP contribution is -2.49. The maximum absolute atomic E-state index is 12.9. The Morgan fingerprint density at radius 1 is 1.19 bits per heavy atom. The van der Waals surface area contributed by atoms with Crippen molar-refractivity contribution >= 4 is 29.1 Å². The Hall–Kier alpha value is -1.96. The summed E-state index contributed by atoms with van der Waals surface area (Å²) in [6.45, 7) is 5.76. The van der Waals surface area contributed by atoms with Gasteiger partial charge in [0.1, 0.15) is 0 Å². The number of halogens is 1. The molecule has 0 bridgehead atoms. The molecule has 1 aromatic carbocycles. The predicted molar refractivity (Wildman–Crippen MR) is 107 cm³/mol. The van der Waals surface area contributed by atoms with Crippen LogP contribution in [0.4, 0.5) is 0 Å². The van der Waals surface area contributed by atoms with Crippen molar-refractivity contribution in [2.45, 2.75) is 18.9 Å². The van der Waals surface area contributed by atoms with E-state index in [0.717, 1.165) is 51.1 Å². The molecule has 2 aromatic rings. The van der Waals surface area contributed by atoms with Crippen LogP contribution in [0, 0.1) is 0 Å². The van der Waals surface area contributed by atoms with E-state index in [0.29, 0.717) is 17.1 Å². The molecule has 1 N–H and O–H groups in total. The highest BCUT2D eigenvalue weighted by atomic mass is 35.5. The first-order valence-corrected chi connectivity index (χ1v) is 9.31. The van der Waals surface area contributed by atoms with Gasteiger partial charge < -0.3 is 10.2 Å². The molecule has 8 heteroatoms. The van der Waals surface area contributed by atoms with Crippen molar-refractivity contribution in [1.82, 2.24) is 24.9 Å². The quantitative estimate of drug-likeness (QED) is 0.820. The molecule has 0 radical (unpaired) electrons. The molecule has 2 aliphatic rings. The van der Waals surface area contributed by atoms with E-state index < -0.39 is 0 Å². The van der Waals surface area contributed by atoms with Gasteiger partial charge in [-0.25, -0.2) is 4.68 Å². The van der Waals surface area contributed by atoms with E-state index in [4.69, 9.17) is 0 Å². The minimum absolute atomic E-state index is 0. The molecule has 2 saturated heterocycles. The third-order valence-corrected chi connectivity index (χ3v) is 5.54. The zero-order valence-corrected chi connectivity index (χ0v) is 16.4. The summed E-state index contributed by atoms with van der Waals surface area (Å²) >= 11 is 0. The number of hydrogen-bond donors (Lipinski definition) is 1. The average molecular weight is 392 g/mol. The van der Waals surface area contributed by atoms with Crippen molar-refractivity contribution in [3.05, 3.63) is 40.3 Å². The number of rotatable bonds is 3. The Labute approximate surface area is 164 Å². The summed E-state index contributed by atoms with van der Waals surface area (Å²) < 4.78 is 1.33. The topological polar surface area (TPSA) is 70.5 Å². The van der Waals surface area contributed by atoms with Crippen molar-refractivity contribution < 1.29 is 4.79 Å². The second kappa shape index (κ2) is 8.37. The van der Waals surface area contributed by atoms with E-state index in [-0.39, 0.29) is 30.3 Å². The molecule has 27 heavy (non-hydrogen) atoms. The van der Waals surface area contributed by atoms with Gasteiger partial charge in [-0.05, 0) is 12.5 Å². The molecule has 1 amide bonds. The predicted octanol–water partition coefficient (Wildman–Crippen LogP) is 0.404. The van der Waals surface area contributed by atoms with Crippen LogP contribution in [0.5, 0.6) is 0 Å². The van der Waals surface area contributed by atoms with Crippen LogP contribution in [-0.4, -0.2) is 70.8 Å². The number of fused-ring (bicyclic) bond motifs is 1. The Morgan fingerprint density at radius 3 is 2.63 bits per heavy atom. The number of amides is 1.